The predicted octanol–water partition coefficient (Wildman–Crippen LogP) is 15.7. The van der Waals surface area contributed by atoms with Crippen LogP contribution in [0.1, 0.15) is 252 Å². The molecule has 0 aliphatic carbocycles. The molecule has 0 aliphatic heterocycles. The van der Waals surface area contributed by atoms with Gasteiger partial charge in [0.05, 0.1) is 0 Å². The van der Waals surface area contributed by atoms with Crippen molar-refractivity contribution in [3.8, 4) is 0 Å². The molecule has 242 valence electrons. The maximum Gasteiger partial charge on any atom is -0.0414 e. The third-order valence-electron chi connectivity index (χ3n) is 9.65. The summed E-state index contributed by atoms with van der Waals surface area (Å²) in [7, 11) is 0. The van der Waals surface area contributed by atoms with Gasteiger partial charge >= 0.3 is 0 Å². The lowest BCUT2D eigenvalue weighted by atomic mass is 9.89. The highest BCUT2D eigenvalue weighted by Gasteiger charge is 2.08. The van der Waals surface area contributed by atoms with Crippen LogP contribution in [-0.4, -0.2) is 0 Å². The summed E-state index contributed by atoms with van der Waals surface area (Å²) in [5, 5.41) is 0. The molecule has 0 bridgehead atoms. The molecule has 0 saturated carbocycles. The third-order valence-corrected chi connectivity index (χ3v) is 9.65. The van der Waals surface area contributed by atoms with Crippen LogP contribution in [0.4, 0.5) is 0 Å². The van der Waals surface area contributed by atoms with Gasteiger partial charge in [0.1, 0.15) is 0 Å². The summed E-state index contributed by atoms with van der Waals surface area (Å²) >= 11 is 0. The predicted molar refractivity (Wildman–Crippen MR) is 187 cm³/mol. The topological polar surface area (TPSA) is 0 Å². The maximum atomic E-state index is 2.35. The molecular formula is C40H82. The average molecular weight is 563 g/mol. The van der Waals surface area contributed by atoms with Crippen molar-refractivity contribution in [2.45, 2.75) is 252 Å². The van der Waals surface area contributed by atoms with E-state index in [1.54, 1.807) is 0 Å². The summed E-state index contributed by atoms with van der Waals surface area (Å²) in [5.41, 5.74) is 0. The van der Waals surface area contributed by atoms with Crippen LogP contribution in [0.5, 0.6) is 0 Å². The smallest absolute Gasteiger partial charge is 0.0414 e. The Morgan fingerprint density at radius 1 is 0.200 bits per heavy atom. The lowest BCUT2D eigenvalue weighted by Gasteiger charge is -2.17. The van der Waals surface area contributed by atoms with Crippen LogP contribution in [-0.2, 0) is 0 Å². The van der Waals surface area contributed by atoms with Crippen LogP contribution in [0.2, 0.25) is 0 Å². The van der Waals surface area contributed by atoms with Crippen LogP contribution in [0, 0.1) is 5.92 Å². The molecule has 0 aromatic rings. The molecule has 0 fully saturated rings. The van der Waals surface area contributed by atoms with Gasteiger partial charge in [0.15, 0.2) is 0 Å². The van der Waals surface area contributed by atoms with Crippen molar-refractivity contribution in [2.75, 3.05) is 0 Å². The molecule has 0 radical (unpaired) electrons. The summed E-state index contributed by atoms with van der Waals surface area (Å²) in [5.74, 6) is 1.04. The van der Waals surface area contributed by atoms with Crippen molar-refractivity contribution in [2.24, 2.45) is 5.92 Å². The SMILES string of the molecule is CCCCCCCCCCCCCCCCCCC(CCCCCC)CCCCCCCCCCCCCCC. The number of rotatable bonds is 36. The monoisotopic (exact) mass is 563 g/mol. The highest BCUT2D eigenvalue weighted by molar-refractivity contribution is 4.62. The molecule has 0 heteroatoms. The fourth-order valence-corrected chi connectivity index (χ4v) is 6.72. The summed E-state index contributed by atoms with van der Waals surface area (Å²) < 4.78 is 0. The molecule has 0 aromatic carbocycles. The Kier molecular flexibility index (Phi) is 37.0. The molecular weight excluding hydrogens is 480 g/mol. The number of unbranched alkanes of at least 4 members (excludes halogenated alkanes) is 30. The number of hydrogen-bond acceptors (Lipinski definition) is 0. The molecule has 0 aromatic heterocycles. The van der Waals surface area contributed by atoms with Gasteiger partial charge in [-0.2, -0.15) is 0 Å². The molecule has 0 rings (SSSR count). The van der Waals surface area contributed by atoms with Gasteiger partial charge in [-0.1, -0.05) is 252 Å². The molecule has 0 aliphatic rings. The molecule has 0 nitrogen and oxygen atoms in total. The quantitative estimate of drug-likeness (QED) is 0.0666. The third kappa shape index (κ3) is 34.2. The highest BCUT2D eigenvalue weighted by Crippen LogP contribution is 2.25. The number of hydrogen-bond donors (Lipinski definition) is 0. The van der Waals surface area contributed by atoms with E-state index in [1.807, 2.05) is 0 Å². The van der Waals surface area contributed by atoms with Gasteiger partial charge in [-0.05, 0) is 5.92 Å². The fraction of sp³-hybridized carbons (Fsp3) is 1.00. The second kappa shape index (κ2) is 37.0. The van der Waals surface area contributed by atoms with Crippen LogP contribution in [0.15, 0.2) is 0 Å². The van der Waals surface area contributed by atoms with E-state index in [-0.39, 0.29) is 0 Å². The van der Waals surface area contributed by atoms with Crippen LogP contribution in [0.3, 0.4) is 0 Å². The van der Waals surface area contributed by atoms with E-state index in [1.165, 1.54) is 231 Å². The molecule has 0 heterocycles. The summed E-state index contributed by atoms with van der Waals surface area (Å²) in [6, 6.07) is 0. The lowest BCUT2D eigenvalue weighted by Crippen LogP contribution is -2.01. The molecule has 0 saturated heterocycles. The molecule has 1 unspecified atom stereocenters. The van der Waals surface area contributed by atoms with Crippen LogP contribution < -0.4 is 0 Å². The van der Waals surface area contributed by atoms with Gasteiger partial charge < -0.3 is 0 Å². The average Bonchev–Trinajstić information content (AvgIpc) is 2.97. The normalized spacial score (nSPS) is 12.4. The van der Waals surface area contributed by atoms with E-state index < -0.39 is 0 Å². The van der Waals surface area contributed by atoms with Gasteiger partial charge in [-0.15, -0.1) is 0 Å². The molecule has 0 N–H and O–H groups in total. The van der Waals surface area contributed by atoms with E-state index in [0.29, 0.717) is 0 Å². The van der Waals surface area contributed by atoms with E-state index in [0.717, 1.165) is 5.92 Å². The van der Waals surface area contributed by atoms with Crippen molar-refractivity contribution in [1.29, 1.82) is 0 Å². The van der Waals surface area contributed by atoms with Gasteiger partial charge in [0.2, 0.25) is 0 Å². The first-order valence-corrected chi connectivity index (χ1v) is 19.8. The highest BCUT2D eigenvalue weighted by atomic mass is 14.1. The van der Waals surface area contributed by atoms with Crippen molar-refractivity contribution >= 4 is 0 Å². The Morgan fingerprint density at radius 2 is 0.350 bits per heavy atom. The Balaban J connectivity index is 3.61. The lowest BCUT2D eigenvalue weighted by molar-refractivity contribution is 0.366. The van der Waals surface area contributed by atoms with E-state index in [4.69, 9.17) is 0 Å². The Bertz CT molecular complexity index is 412. The van der Waals surface area contributed by atoms with Gasteiger partial charge in [0, 0.05) is 0 Å². The van der Waals surface area contributed by atoms with E-state index >= 15 is 0 Å². The minimum Gasteiger partial charge on any atom is -0.0654 e. The zero-order valence-electron chi connectivity index (χ0n) is 29.0. The molecule has 40 heavy (non-hydrogen) atoms. The van der Waals surface area contributed by atoms with E-state index in [2.05, 4.69) is 20.8 Å². The van der Waals surface area contributed by atoms with Crippen molar-refractivity contribution in [3.05, 3.63) is 0 Å². The van der Waals surface area contributed by atoms with Gasteiger partial charge in [-0.3, -0.25) is 0 Å². The zero-order valence-corrected chi connectivity index (χ0v) is 29.0. The zero-order chi connectivity index (χ0) is 29.0. The first-order chi connectivity index (χ1) is 19.8. The summed E-state index contributed by atoms with van der Waals surface area (Å²) in [6.07, 6.45) is 53.3. The fourth-order valence-electron chi connectivity index (χ4n) is 6.72. The first-order valence-electron chi connectivity index (χ1n) is 19.8. The molecule has 0 amide bonds. The van der Waals surface area contributed by atoms with Crippen LogP contribution >= 0.6 is 0 Å². The van der Waals surface area contributed by atoms with Crippen molar-refractivity contribution < 1.29 is 0 Å². The van der Waals surface area contributed by atoms with Crippen molar-refractivity contribution in [3.63, 3.8) is 0 Å². The van der Waals surface area contributed by atoms with Gasteiger partial charge in [0.25, 0.3) is 0 Å². The largest absolute Gasteiger partial charge is 0.0654 e. The van der Waals surface area contributed by atoms with Crippen molar-refractivity contribution in [1.82, 2.24) is 0 Å². The minimum atomic E-state index is 1.04. The maximum absolute atomic E-state index is 2.35. The Hall–Kier alpha value is 0. The van der Waals surface area contributed by atoms with Gasteiger partial charge in [-0.25, -0.2) is 0 Å². The first kappa shape index (κ1) is 40.0. The van der Waals surface area contributed by atoms with Crippen LogP contribution in [0.25, 0.3) is 0 Å². The summed E-state index contributed by atoms with van der Waals surface area (Å²) in [4.78, 5) is 0. The molecule has 0 spiro atoms. The molecule has 1 atom stereocenters. The summed E-state index contributed by atoms with van der Waals surface area (Å²) in [6.45, 7) is 6.98. The standard InChI is InChI=1S/C40H82/c1-4-7-10-13-15-17-19-21-22-23-25-27-29-31-33-36-39-40(37-34-12-9-6-3)38-35-32-30-28-26-24-20-18-16-14-11-8-5-2/h40H,4-39H2,1-3H3. The van der Waals surface area contributed by atoms with E-state index in [9.17, 15) is 0 Å². The second-order valence-electron chi connectivity index (χ2n) is 13.8. The Labute approximate surface area is 257 Å². The minimum absolute atomic E-state index is 1.04. The second-order valence-corrected chi connectivity index (χ2v) is 13.8. The Morgan fingerprint density at radius 3 is 0.550 bits per heavy atom.